The average molecular weight is 445 g/mol. The smallest absolute Gasteiger partial charge is 0.227 e. The third-order valence-corrected chi connectivity index (χ3v) is 6.01. The van der Waals surface area contributed by atoms with Crippen LogP contribution >= 0.6 is 11.6 Å². The highest BCUT2D eigenvalue weighted by molar-refractivity contribution is 6.30. The number of fused-ring (bicyclic) bond motifs is 1. The molecule has 3 heterocycles. The second-order valence-corrected chi connectivity index (χ2v) is 8.29. The lowest BCUT2D eigenvalue weighted by Gasteiger charge is -2.31. The third kappa shape index (κ3) is 4.24. The van der Waals surface area contributed by atoms with E-state index >= 15 is 0 Å². The zero-order valence-corrected chi connectivity index (χ0v) is 18.8. The van der Waals surface area contributed by atoms with Gasteiger partial charge >= 0.3 is 0 Å². The Bertz CT molecular complexity index is 1200. The summed E-state index contributed by atoms with van der Waals surface area (Å²) in [5.41, 5.74) is 3.85. The summed E-state index contributed by atoms with van der Waals surface area (Å²) in [6, 6.07) is 17.9. The van der Waals surface area contributed by atoms with Gasteiger partial charge in [-0.15, -0.1) is 0 Å². The van der Waals surface area contributed by atoms with Gasteiger partial charge < -0.3 is 5.32 Å². The molecule has 2 aromatic carbocycles. The first-order chi connectivity index (χ1) is 15.7. The fraction of sp³-hybridized carbons (Fsp3) is 0.240. The van der Waals surface area contributed by atoms with Crippen molar-refractivity contribution in [1.29, 1.82) is 0 Å². The molecule has 7 heteroatoms. The van der Waals surface area contributed by atoms with Crippen molar-refractivity contribution < 1.29 is 0 Å². The number of benzene rings is 2. The molecule has 0 spiro atoms. The fourth-order valence-electron chi connectivity index (χ4n) is 4.16. The molecule has 1 aliphatic rings. The first kappa shape index (κ1) is 20.7. The molecule has 0 unspecified atom stereocenters. The van der Waals surface area contributed by atoms with Crippen LogP contribution in [0.4, 0.5) is 17.5 Å². The molecule has 0 atom stereocenters. The lowest BCUT2D eigenvalue weighted by molar-refractivity contribution is 0.309. The van der Waals surface area contributed by atoms with Crippen molar-refractivity contribution in [1.82, 2.24) is 20.0 Å². The van der Waals surface area contributed by atoms with Crippen molar-refractivity contribution in [3.05, 3.63) is 72.0 Å². The molecule has 0 saturated carbocycles. The Morgan fingerprint density at radius 3 is 2.50 bits per heavy atom. The predicted molar refractivity (Wildman–Crippen MR) is 131 cm³/mol. The van der Waals surface area contributed by atoms with E-state index in [1.165, 1.54) is 12.8 Å². The molecule has 6 nitrogen and oxygen atoms in total. The van der Waals surface area contributed by atoms with Gasteiger partial charge in [-0.1, -0.05) is 29.8 Å². The molecule has 2 aromatic heterocycles. The second kappa shape index (κ2) is 9.10. The Morgan fingerprint density at radius 1 is 0.969 bits per heavy atom. The monoisotopic (exact) mass is 444 g/mol. The zero-order chi connectivity index (χ0) is 21.9. The Labute approximate surface area is 192 Å². The summed E-state index contributed by atoms with van der Waals surface area (Å²) in [6.45, 7) is 5.28. The van der Waals surface area contributed by atoms with E-state index in [0.29, 0.717) is 11.0 Å². The molecule has 1 aliphatic heterocycles. The first-order valence-corrected chi connectivity index (χ1v) is 11.4. The van der Waals surface area contributed by atoms with E-state index in [1.807, 2.05) is 48.8 Å². The number of aromatic nitrogens is 3. The van der Waals surface area contributed by atoms with Crippen LogP contribution in [0.3, 0.4) is 0 Å². The van der Waals surface area contributed by atoms with Gasteiger partial charge in [0, 0.05) is 59.3 Å². The van der Waals surface area contributed by atoms with Gasteiger partial charge in [0.05, 0.1) is 5.52 Å². The molecular weight excluding hydrogens is 420 g/mol. The van der Waals surface area contributed by atoms with E-state index in [9.17, 15) is 0 Å². The summed E-state index contributed by atoms with van der Waals surface area (Å²) in [5, 5.41) is 9.60. The van der Waals surface area contributed by atoms with Crippen LogP contribution in [0.5, 0.6) is 0 Å². The van der Waals surface area contributed by atoms with Gasteiger partial charge in [0.25, 0.3) is 0 Å². The van der Waals surface area contributed by atoms with Crippen molar-refractivity contribution in [3.63, 3.8) is 0 Å². The van der Waals surface area contributed by atoms with E-state index in [2.05, 4.69) is 45.4 Å². The van der Waals surface area contributed by atoms with E-state index in [0.717, 1.165) is 53.2 Å². The molecule has 1 N–H and O–H groups in total. The van der Waals surface area contributed by atoms with Crippen LogP contribution in [-0.2, 0) is 0 Å². The maximum atomic E-state index is 5.99. The molecule has 1 fully saturated rings. The number of pyridine rings is 1. The molecule has 162 valence electrons. The lowest BCUT2D eigenvalue weighted by atomic mass is 10.0. The summed E-state index contributed by atoms with van der Waals surface area (Å²) in [5.74, 6) is 1.53. The van der Waals surface area contributed by atoms with Gasteiger partial charge in [0.1, 0.15) is 5.82 Å². The second-order valence-electron chi connectivity index (χ2n) is 7.85. The van der Waals surface area contributed by atoms with Crippen LogP contribution in [-0.4, -0.2) is 39.6 Å². The highest BCUT2D eigenvalue weighted by Crippen LogP contribution is 2.29. The molecule has 0 bridgehead atoms. The number of rotatable bonds is 6. The SMILES string of the molecule is CCN(c1ccc(-c2cccc3cnc(Nc4ccc(Cl)cc4)nc23)cn1)N1CCCC1. The standard InChI is InChI=1S/C25H25ClN6/c1-2-32(31-14-3-4-15-31)23-13-8-18(16-27-23)22-7-5-6-19-17-28-25(30-24(19)22)29-21-11-9-20(26)10-12-21/h5-13,16-17H,2-4,14-15H2,1H3,(H,28,29,30). The average Bonchev–Trinajstić information content (AvgIpc) is 3.36. The summed E-state index contributed by atoms with van der Waals surface area (Å²) in [4.78, 5) is 14.1. The van der Waals surface area contributed by atoms with Crippen LogP contribution in [0.15, 0.2) is 67.0 Å². The van der Waals surface area contributed by atoms with Crippen LogP contribution in [0.25, 0.3) is 22.0 Å². The fourth-order valence-corrected chi connectivity index (χ4v) is 4.28. The number of nitrogens with zero attached hydrogens (tertiary/aromatic N) is 5. The normalized spacial score (nSPS) is 14.1. The molecular formula is C25H25ClN6. The molecule has 4 aromatic rings. The number of hydrazine groups is 1. The number of hydrogen-bond acceptors (Lipinski definition) is 6. The van der Waals surface area contributed by atoms with Gasteiger partial charge in [-0.2, -0.15) is 0 Å². The first-order valence-electron chi connectivity index (χ1n) is 11.0. The molecule has 0 aliphatic carbocycles. The van der Waals surface area contributed by atoms with Crippen LogP contribution in [0, 0.1) is 0 Å². The zero-order valence-electron chi connectivity index (χ0n) is 18.0. The molecule has 0 amide bonds. The van der Waals surface area contributed by atoms with Gasteiger partial charge in [-0.25, -0.2) is 20.0 Å². The number of hydrogen-bond donors (Lipinski definition) is 1. The van der Waals surface area contributed by atoms with Gasteiger partial charge in [-0.3, -0.25) is 5.01 Å². The summed E-state index contributed by atoms with van der Waals surface area (Å²) in [7, 11) is 0. The highest BCUT2D eigenvalue weighted by Gasteiger charge is 2.19. The molecule has 32 heavy (non-hydrogen) atoms. The molecule has 0 radical (unpaired) electrons. The van der Waals surface area contributed by atoms with Gasteiger partial charge in [0.15, 0.2) is 0 Å². The molecule has 1 saturated heterocycles. The topological polar surface area (TPSA) is 57.2 Å². The summed E-state index contributed by atoms with van der Waals surface area (Å²) >= 11 is 5.99. The quantitative estimate of drug-likeness (QED) is 0.398. The maximum absolute atomic E-state index is 5.99. The van der Waals surface area contributed by atoms with Crippen molar-refractivity contribution in [2.75, 3.05) is 30.0 Å². The van der Waals surface area contributed by atoms with Gasteiger partial charge in [-0.05, 0) is 56.2 Å². The minimum Gasteiger partial charge on any atom is -0.324 e. The summed E-state index contributed by atoms with van der Waals surface area (Å²) in [6.07, 6.45) is 6.28. The highest BCUT2D eigenvalue weighted by atomic mass is 35.5. The van der Waals surface area contributed by atoms with Crippen LogP contribution in [0.2, 0.25) is 5.02 Å². The van der Waals surface area contributed by atoms with E-state index in [1.54, 1.807) is 0 Å². The molecule has 5 rings (SSSR count). The van der Waals surface area contributed by atoms with E-state index in [4.69, 9.17) is 21.6 Å². The summed E-state index contributed by atoms with van der Waals surface area (Å²) < 4.78 is 0. The minimum atomic E-state index is 0.544. The van der Waals surface area contributed by atoms with Crippen molar-refractivity contribution >= 4 is 40.0 Å². The van der Waals surface area contributed by atoms with Gasteiger partial charge in [0.2, 0.25) is 5.95 Å². The maximum Gasteiger partial charge on any atom is 0.227 e. The predicted octanol–water partition coefficient (Wildman–Crippen LogP) is 5.93. The Kier molecular flexibility index (Phi) is 5.88. The number of nitrogens with one attached hydrogen (secondary N) is 1. The minimum absolute atomic E-state index is 0.544. The number of para-hydroxylation sites is 1. The van der Waals surface area contributed by atoms with Crippen LogP contribution < -0.4 is 10.3 Å². The van der Waals surface area contributed by atoms with Crippen LogP contribution in [0.1, 0.15) is 19.8 Å². The number of anilines is 3. The van der Waals surface area contributed by atoms with E-state index in [-0.39, 0.29) is 0 Å². The Hall–Kier alpha value is -3.22. The third-order valence-electron chi connectivity index (χ3n) is 5.76. The lowest BCUT2D eigenvalue weighted by Crippen LogP contribution is -2.41. The Morgan fingerprint density at radius 2 is 1.78 bits per heavy atom. The number of halogens is 1. The largest absolute Gasteiger partial charge is 0.324 e. The van der Waals surface area contributed by atoms with E-state index < -0.39 is 0 Å². The van der Waals surface area contributed by atoms with Crippen molar-refractivity contribution in [2.24, 2.45) is 0 Å². The van der Waals surface area contributed by atoms with Crippen molar-refractivity contribution in [3.8, 4) is 11.1 Å². The van der Waals surface area contributed by atoms with Crippen molar-refractivity contribution in [2.45, 2.75) is 19.8 Å². The Balaban J connectivity index is 1.46.